The lowest BCUT2D eigenvalue weighted by Crippen LogP contribution is -2.42. The molecule has 2 heterocycles. The second-order valence-corrected chi connectivity index (χ2v) is 9.29. The van der Waals surface area contributed by atoms with E-state index in [9.17, 15) is 14.7 Å². The summed E-state index contributed by atoms with van der Waals surface area (Å²) in [5.74, 6) is 1.19. The predicted molar refractivity (Wildman–Crippen MR) is 140 cm³/mol. The number of rotatable bonds is 11. The number of benzene rings is 1. The first kappa shape index (κ1) is 27.0. The van der Waals surface area contributed by atoms with E-state index in [2.05, 4.69) is 24.9 Å². The first-order valence-corrected chi connectivity index (χ1v) is 12.5. The molecule has 1 aromatic carbocycles. The van der Waals surface area contributed by atoms with Crippen LogP contribution in [0.4, 0.5) is 0 Å². The molecule has 0 radical (unpaired) electrons. The van der Waals surface area contributed by atoms with Crippen molar-refractivity contribution in [2.45, 2.75) is 59.4 Å². The molecule has 36 heavy (non-hydrogen) atoms. The lowest BCUT2D eigenvalue weighted by Gasteiger charge is -2.34. The molecule has 1 aliphatic heterocycles. The van der Waals surface area contributed by atoms with Crippen molar-refractivity contribution in [1.82, 2.24) is 9.88 Å². The number of allylic oxidation sites excluding steroid dienone is 4. The van der Waals surface area contributed by atoms with Crippen LogP contribution in [0.2, 0.25) is 0 Å². The summed E-state index contributed by atoms with van der Waals surface area (Å²) >= 11 is 0. The summed E-state index contributed by atoms with van der Waals surface area (Å²) in [6.45, 7) is 8.86. The average molecular weight is 493 g/mol. The zero-order valence-electron chi connectivity index (χ0n) is 21.6. The Bertz CT molecular complexity index is 1140. The van der Waals surface area contributed by atoms with Crippen LogP contribution in [0, 0.1) is 12.8 Å². The van der Waals surface area contributed by atoms with E-state index >= 15 is 0 Å². The van der Waals surface area contributed by atoms with E-state index in [0.717, 1.165) is 29.9 Å². The fourth-order valence-electron chi connectivity index (χ4n) is 4.16. The molecule has 0 saturated carbocycles. The highest BCUT2D eigenvalue weighted by Gasteiger charge is 2.35. The summed E-state index contributed by atoms with van der Waals surface area (Å²) in [4.78, 5) is 30.7. The molecule has 1 unspecified atom stereocenters. The molecule has 2 aromatic rings. The molecule has 0 saturated heterocycles. The molecule has 1 amide bonds. The van der Waals surface area contributed by atoms with E-state index < -0.39 is 12.0 Å². The summed E-state index contributed by atoms with van der Waals surface area (Å²) in [7, 11) is 0. The summed E-state index contributed by atoms with van der Waals surface area (Å²) in [5.41, 5.74) is 2.34. The largest absolute Gasteiger partial charge is 0.493 e. The third-order valence-electron chi connectivity index (χ3n) is 6.09. The number of aromatic nitrogens is 1. The molecule has 3 rings (SSSR count). The summed E-state index contributed by atoms with van der Waals surface area (Å²) in [6.07, 6.45) is 13.8. The zero-order chi connectivity index (χ0) is 26.1. The normalized spacial score (nSPS) is 15.9. The predicted octanol–water partition coefficient (Wildman–Crippen LogP) is 5.70. The van der Waals surface area contributed by atoms with Crippen LogP contribution in [0.15, 0.2) is 53.0 Å². The molecule has 1 N–H and O–H groups in total. The molecule has 0 aliphatic carbocycles. The van der Waals surface area contributed by atoms with E-state index in [1.165, 1.54) is 11.0 Å². The fraction of sp³-hybridized carbons (Fsp3) is 0.414. The number of ether oxygens (including phenoxy) is 1. The molecule has 1 atom stereocenters. The van der Waals surface area contributed by atoms with Gasteiger partial charge in [0.05, 0.1) is 12.3 Å². The van der Waals surface area contributed by atoms with Gasteiger partial charge in [-0.1, -0.05) is 44.2 Å². The van der Waals surface area contributed by atoms with Gasteiger partial charge in [0, 0.05) is 19.0 Å². The number of nitrogens with zero attached hydrogens (tertiary/aromatic N) is 2. The molecule has 0 fully saturated rings. The van der Waals surface area contributed by atoms with Gasteiger partial charge in [0.15, 0.2) is 6.04 Å². The maximum Gasteiger partial charge on any atom is 0.331 e. The Hall–Kier alpha value is -3.61. The SMILES string of the molecule is CC=CC=CC(=O)N1CCc2ccc(OCCc3nc(C=CCCC(C)C)oc3C)cc2C1C(=O)O. The topological polar surface area (TPSA) is 92.9 Å². The number of aryl methyl sites for hydroxylation is 1. The number of hydrogen-bond donors (Lipinski definition) is 1. The highest BCUT2D eigenvalue weighted by Crippen LogP contribution is 2.33. The van der Waals surface area contributed by atoms with Gasteiger partial charge in [0.25, 0.3) is 0 Å². The van der Waals surface area contributed by atoms with Gasteiger partial charge in [0.2, 0.25) is 11.8 Å². The molecular weight excluding hydrogens is 456 g/mol. The highest BCUT2D eigenvalue weighted by molar-refractivity contribution is 5.92. The Morgan fingerprint density at radius 3 is 2.83 bits per heavy atom. The summed E-state index contributed by atoms with van der Waals surface area (Å²) < 4.78 is 11.7. The third kappa shape index (κ3) is 7.20. The van der Waals surface area contributed by atoms with Crippen LogP contribution in [0.1, 0.15) is 68.1 Å². The maximum atomic E-state index is 12.6. The Balaban J connectivity index is 1.66. The number of carbonyl (C=O) groups is 2. The standard InChI is InChI=1S/C29H36N2O5/c1-5-6-7-12-27(32)31-17-15-22-13-14-23(19-24(22)28(31)29(33)34)35-18-16-25-21(4)36-26(30-25)11-9-8-10-20(2)3/h5-7,9,11-14,19-20,28H,8,10,15-18H2,1-4H3,(H,33,34). The van der Waals surface area contributed by atoms with Gasteiger partial charge in [-0.25, -0.2) is 9.78 Å². The van der Waals surface area contributed by atoms with Gasteiger partial charge in [0.1, 0.15) is 11.5 Å². The summed E-state index contributed by atoms with van der Waals surface area (Å²) in [6, 6.07) is 4.42. The Kier molecular flexibility index (Phi) is 9.68. The lowest BCUT2D eigenvalue weighted by atomic mass is 9.92. The van der Waals surface area contributed by atoms with Gasteiger partial charge >= 0.3 is 5.97 Å². The minimum absolute atomic E-state index is 0.326. The number of fused-ring (bicyclic) bond motifs is 1. The first-order chi connectivity index (χ1) is 17.3. The molecule has 0 spiro atoms. The number of hydrogen-bond acceptors (Lipinski definition) is 5. The van der Waals surface area contributed by atoms with Gasteiger partial charge in [-0.05, 0) is 68.4 Å². The fourth-order valence-corrected chi connectivity index (χ4v) is 4.16. The van der Waals surface area contributed by atoms with Gasteiger partial charge in [-0.3, -0.25) is 4.79 Å². The van der Waals surface area contributed by atoms with Gasteiger partial charge < -0.3 is 19.2 Å². The molecular formula is C29H36N2O5. The summed E-state index contributed by atoms with van der Waals surface area (Å²) in [5, 5.41) is 9.93. The van der Waals surface area contributed by atoms with E-state index in [1.54, 1.807) is 24.3 Å². The van der Waals surface area contributed by atoms with E-state index in [0.29, 0.717) is 49.1 Å². The molecule has 0 bridgehead atoms. The smallest absolute Gasteiger partial charge is 0.331 e. The Morgan fingerprint density at radius 2 is 2.11 bits per heavy atom. The van der Waals surface area contributed by atoms with Crippen molar-refractivity contribution in [3.63, 3.8) is 0 Å². The van der Waals surface area contributed by atoms with Crippen molar-refractivity contribution < 1.29 is 23.8 Å². The molecule has 7 nitrogen and oxygen atoms in total. The maximum absolute atomic E-state index is 12.6. The van der Waals surface area contributed by atoms with Crippen molar-refractivity contribution in [2.75, 3.05) is 13.2 Å². The Labute approximate surface area is 213 Å². The van der Waals surface area contributed by atoms with Crippen LogP contribution in [0.3, 0.4) is 0 Å². The number of amides is 1. The number of aliphatic carboxylic acids is 1. The molecule has 192 valence electrons. The van der Waals surface area contributed by atoms with Crippen molar-refractivity contribution in [3.05, 3.63) is 77.1 Å². The quantitative estimate of drug-likeness (QED) is 0.320. The number of oxazole rings is 1. The van der Waals surface area contributed by atoms with Crippen LogP contribution in [0.5, 0.6) is 5.75 Å². The monoisotopic (exact) mass is 492 g/mol. The van der Waals surface area contributed by atoms with Crippen molar-refractivity contribution in [2.24, 2.45) is 5.92 Å². The second kappa shape index (κ2) is 12.9. The third-order valence-corrected chi connectivity index (χ3v) is 6.09. The van der Waals surface area contributed by atoms with Crippen molar-refractivity contribution in [1.29, 1.82) is 0 Å². The van der Waals surface area contributed by atoms with Crippen LogP contribution in [-0.2, 0) is 22.4 Å². The zero-order valence-corrected chi connectivity index (χ0v) is 21.6. The number of carbonyl (C=O) groups excluding carboxylic acids is 1. The van der Waals surface area contributed by atoms with Gasteiger partial charge in [-0.15, -0.1) is 0 Å². The molecule has 7 heteroatoms. The lowest BCUT2D eigenvalue weighted by molar-refractivity contribution is -0.149. The Morgan fingerprint density at radius 1 is 1.31 bits per heavy atom. The van der Waals surface area contributed by atoms with Crippen molar-refractivity contribution in [3.8, 4) is 5.75 Å². The number of carboxylic acid groups (broad SMARTS) is 1. The van der Waals surface area contributed by atoms with E-state index in [1.807, 2.05) is 32.1 Å². The second-order valence-electron chi connectivity index (χ2n) is 9.29. The van der Waals surface area contributed by atoms with Crippen LogP contribution in [0.25, 0.3) is 6.08 Å². The average Bonchev–Trinajstić information content (AvgIpc) is 3.19. The number of carboxylic acids is 1. The first-order valence-electron chi connectivity index (χ1n) is 12.5. The van der Waals surface area contributed by atoms with E-state index in [-0.39, 0.29) is 5.91 Å². The molecule has 1 aromatic heterocycles. The van der Waals surface area contributed by atoms with Crippen LogP contribution in [-0.4, -0.2) is 40.0 Å². The minimum Gasteiger partial charge on any atom is -0.493 e. The van der Waals surface area contributed by atoms with E-state index in [4.69, 9.17) is 9.15 Å². The van der Waals surface area contributed by atoms with Crippen LogP contribution >= 0.6 is 0 Å². The van der Waals surface area contributed by atoms with Crippen LogP contribution < -0.4 is 4.74 Å². The molecule has 1 aliphatic rings. The van der Waals surface area contributed by atoms with Crippen molar-refractivity contribution >= 4 is 18.0 Å². The minimum atomic E-state index is -1.06. The highest BCUT2D eigenvalue weighted by atomic mass is 16.5. The van der Waals surface area contributed by atoms with Gasteiger partial charge in [-0.2, -0.15) is 0 Å².